The van der Waals surface area contributed by atoms with Gasteiger partial charge in [-0.2, -0.15) is 23.2 Å². The number of hydrogen-bond acceptors (Lipinski definition) is 7. The first-order chi connectivity index (χ1) is 16.2. The molecule has 2 aliphatic rings. The lowest BCUT2D eigenvalue weighted by Gasteiger charge is -2.32. The first-order valence-electron chi connectivity index (χ1n) is 10.7. The summed E-state index contributed by atoms with van der Waals surface area (Å²) in [6, 6.07) is 9.81. The van der Waals surface area contributed by atoms with Crippen LogP contribution in [0.25, 0.3) is 0 Å². The molecule has 34 heavy (non-hydrogen) atoms. The zero-order valence-corrected chi connectivity index (χ0v) is 18.2. The van der Waals surface area contributed by atoms with Crippen molar-refractivity contribution in [3.63, 3.8) is 0 Å². The van der Waals surface area contributed by atoms with Crippen LogP contribution in [0.4, 0.5) is 40.7 Å². The topological polar surface area (TPSA) is 76.5 Å². The number of nitrogens with zero attached hydrogens (tertiary/aromatic N) is 4. The fraction of sp³-hybridized carbons (Fsp3) is 0.304. The van der Waals surface area contributed by atoms with Gasteiger partial charge >= 0.3 is 6.18 Å². The lowest BCUT2D eigenvalue weighted by Crippen LogP contribution is -2.43. The lowest BCUT2D eigenvalue weighted by atomic mass is 10.0. The number of aliphatic hydroxyl groups excluding tert-OH is 1. The third-order valence-electron chi connectivity index (χ3n) is 5.89. The molecule has 1 aromatic heterocycles. The maximum absolute atomic E-state index is 13.9. The van der Waals surface area contributed by atoms with E-state index in [0.717, 1.165) is 35.2 Å². The van der Waals surface area contributed by atoms with Gasteiger partial charge in [-0.1, -0.05) is 6.07 Å². The predicted octanol–water partition coefficient (Wildman–Crippen LogP) is 4.24. The van der Waals surface area contributed by atoms with Crippen LogP contribution in [-0.4, -0.2) is 39.3 Å². The highest BCUT2D eigenvalue weighted by molar-refractivity contribution is 5.68. The van der Waals surface area contributed by atoms with Gasteiger partial charge in [0.2, 0.25) is 5.95 Å². The van der Waals surface area contributed by atoms with E-state index in [0.29, 0.717) is 0 Å². The van der Waals surface area contributed by atoms with Crippen molar-refractivity contribution in [3.8, 4) is 0 Å². The van der Waals surface area contributed by atoms with Crippen molar-refractivity contribution in [2.45, 2.75) is 32.3 Å². The second kappa shape index (κ2) is 8.49. The summed E-state index contributed by atoms with van der Waals surface area (Å²) in [4.78, 5) is 8.64. The smallest absolute Gasteiger partial charge is 0.372 e. The Kier molecular flexibility index (Phi) is 5.62. The first-order valence-corrected chi connectivity index (χ1v) is 10.7. The third kappa shape index (κ3) is 4.29. The van der Waals surface area contributed by atoms with E-state index in [4.69, 9.17) is 0 Å². The van der Waals surface area contributed by atoms with Crippen LogP contribution in [-0.2, 0) is 13.0 Å². The molecule has 0 aliphatic carbocycles. The second-order valence-electron chi connectivity index (χ2n) is 8.34. The largest absolute Gasteiger partial charge is 0.403 e. The predicted molar refractivity (Wildman–Crippen MR) is 118 cm³/mol. The summed E-state index contributed by atoms with van der Waals surface area (Å²) in [5.74, 6) is -0.237. The van der Waals surface area contributed by atoms with Crippen LogP contribution in [0, 0.1) is 12.7 Å². The summed E-state index contributed by atoms with van der Waals surface area (Å²) >= 11 is 0. The van der Waals surface area contributed by atoms with Gasteiger partial charge in [-0.05, 0) is 66.9 Å². The van der Waals surface area contributed by atoms with Gasteiger partial charge in [0.1, 0.15) is 12.4 Å². The van der Waals surface area contributed by atoms with Crippen LogP contribution in [0.3, 0.4) is 0 Å². The summed E-state index contributed by atoms with van der Waals surface area (Å²) in [7, 11) is 0. The van der Waals surface area contributed by atoms with Crippen LogP contribution in [0.15, 0.2) is 42.6 Å². The van der Waals surface area contributed by atoms with Gasteiger partial charge in [0.15, 0.2) is 12.0 Å². The van der Waals surface area contributed by atoms with E-state index >= 15 is 0 Å². The second-order valence-corrected chi connectivity index (χ2v) is 8.34. The van der Waals surface area contributed by atoms with Gasteiger partial charge in [-0.15, -0.1) is 0 Å². The fourth-order valence-electron chi connectivity index (χ4n) is 4.24. The quantitative estimate of drug-likeness (QED) is 0.489. The van der Waals surface area contributed by atoms with Gasteiger partial charge in [0.25, 0.3) is 0 Å². The Morgan fingerprint density at radius 1 is 1.18 bits per heavy atom. The van der Waals surface area contributed by atoms with Gasteiger partial charge in [-0.25, -0.2) is 9.37 Å². The number of hydrazine groups is 1. The number of hydrogen-bond donors (Lipinski definition) is 3. The van der Waals surface area contributed by atoms with Crippen molar-refractivity contribution in [3.05, 3.63) is 70.7 Å². The zero-order chi connectivity index (χ0) is 24.0. The highest BCUT2D eigenvalue weighted by Gasteiger charge is 2.44. The monoisotopic (exact) mass is 474 g/mol. The molecule has 178 valence electrons. The van der Waals surface area contributed by atoms with Gasteiger partial charge < -0.3 is 15.7 Å². The summed E-state index contributed by atoms with van der Waals surface area (Å²) in [5.41, 5.74) is 3.76. The number of benzene rings is 2. The summed E-state index contributed by atoms with van der Waals surface area (Å²) < 4.78 is 53.9. The zero-order valence-electron chi connectivity index (χ0n) is 18.2. The molecule has 1 atom stereocenters. The molecule has 2 aromatic carbocycles. The number of fused-ring (bicyclic) bond motifs is 2. The van der Waals surface area contributed by atoms with E-state index in [1.54, 1.807) is 0 Å². The molecule has 2 aliphatic heterocycles. The maximum Gasteiger partial charge on any atom is 0.403 e. The Balaban J connectivity index is 1.52. The van der Waals surface area contributed by atoms with Crippen molar-refractivity contribution in [2.24, 2.45) is 0 Å². The Morgan fingerprint density at radius 2 is 2.00 bits per heavy atom. The number of aryl methyl sites for hydroxylation is 1. The summed E-state index contributed by atoms with van der Waals surface area (Å²) in [6.07, 6.45) is -4.03. The number of anilines is 4. The molecular formula is C23H22F4N6O. The Bertz CT molecular complexity index is 1230. The molecule has 0 bridgehead atoms. The van der Waals surface area contributed by atoms with Crippen molar-refractivity contribution in [1.29, 1.82) is 0 Å². The number of aliphatic hydroxyl groups is 1. The van der Waals surface area contributed by atoms with E-state index in [-0.39, 0.29) is 28.6 Å². The minimum Gasteiger partial charge on any atom is -0.372 e. The Labute approximate surface area is 193 Å². The van der Waals surface area contributed by atoms with Gasteiger partial charge in [-0.3, -0.25) is 5.01 Å². The van der Waals surface area contributed by atoms with Crippen molar-refractivity contribution in [2.75, 3.05) is 23.4 Å². The van der Waals surface area contributed by atoms with Crippen LogP contribution < -0.4 is 15.6 Å². The number of alkyl halides is 3. The van der Waals surface area contributed by atoms with E-state index in [1.807, 2.05) is 18.2 Å². The molecule has 5 rings (SSSR count). The van der Waals surface area contributed by atoms with Crippen LogP contribution >= 0.6 is 0 Å². The molecule has 11 heteroatoms. The average Bonchev–Trinajstić information content (AvgIpc) is 3.05. The normalized spacial score (nSPS) is 18.1. The van der Waals surface area contributed by atoms with Gasteiger partial charge in [0, 0.05) is 18.4 Å². The molecule has 3 heterocycles. The van der Waals surface area contributed by atoms with E-state index in [9.17, 15) is 22.7 Å². The van der Waals surface area contributed by atoms with Crippen LogP contribution in [0.2, 0.25) is 0 Å². The first kappa shape index (κ1) is 22.5. The molecule has 0 saturated heterocycles. The molecule has 7 nitrogen and oxygen atoms in total. The lowest BCUT2D eigenvalue weighted by molar-refractivity contribution is -0.164. The molecule has 0 fully saturated rings. The van der Waals surface area contributed by atoms with Gasteiger partial charge in [0.05, 0.1) is 11.3 Å². The molecule has 3 N–H and O–H groups in total. The summed E-state index contributed by atoms with van der Waals surface area (Å²) in [6.45, 7) is 1.76. The highest BCUT2D eigenvalue weighted by Crippen LogP contribution is 2.43. The fourth-order valence-corrected chi connectivity index (χ4v) is 4.24. The number of nitrogens with one attached hydrogen (secondary N) is 2. The van der Waals surface area contributed by atoms with Crippen molar-refractivity contribution >= 4 is 23.1 Å². The summed E-state index contributed by atoms with van der Waals surface area (Å²) in [5, 5.41) is 19.0. The molecular weight excluding hydrogens is 452 g/mol. The molecule has 0 amide bonds. The highest BCUT2D eigenvalue weighted by atomic mass is 19.4. The van der Waals surface area contributed by atoms with E-state index in [1.165, 1.54) is 42.4 Å². The maximum atomic E-state index is 13.9. The minimum atomic E-state index is -4.59. The molecule has 3 aromatic rings. The number of rotatable bonds is 4. The molecule has 1 unspecified atom stereocenters. The van der Waals surface area contributed by atoms with Crippen molar-refractivity contribution in [1.82, 2.24) is 20.3 Å². The van der Waals surface area contributed by atoms with Crippen LogP contribution in [0.1, 0.15) is 28.5 Å². The van der Waals surface area contributed by atoms with Crippen LogP contribution in [0.5, 0.6) is 0 Å². The minimum absolute atomic E-state index is 0.0856. The molecule has 0 saturated carbocycles. The standard InChI is InChI=1S/C23H22F4N6O/c1-13-8-17(4-5-19(13)24)33-20-18(21(34)32(33)12-23(25,26)27)11-29-22(31-20)30-16-3-2-15-10-28-7-6-14(15)9-16/h2-5,8-9,11,21,28,34H,6-7,10,12H2,1H3,(H,29,30,31). The van der Waals surface area contributed by atoms with Crippen molar-refractivity contribution < 1.29 is 22.7 Å². The Morgan fingerprint density at radius 3 is 2.76 bits per heavy atom. The molecule has 0 radical (unpaired) electrons. The Hall–Kier alpha value is -3.28. The van der Waals surface area contributed by atoms with E-state index in [2.05, 4.69) is 20.6 Å². The SMILES string of the molecule is Cc1cc(N2c3nc(Nc4ccc5c(c4)CCNC5)ncc3C(O)N2CC(F)(F)F)ccc1F. The third-order valence-corrected chi connectivity index (χ3v) is 5.89. The molecule has 0 spiro atoms. The number of aromatic nitrogens is 2. The average molecular weight is 474 g/mol. The number of halogens is 4. The van der Waals surface area contributed by atoms with E-state index < -0.39 is 24.8 Å².